The summed E-state index contributed by atoms with van der Waals surface area (Å²) in [6.07, 6.45) is 1.53. The van der Waals surface area contributed by atoms with E-state index >= 15 is 0 Å². The van der Waals surface area contributed by atoms with Crippen LogP contribution in [-0.4, -0.2) is 52.4 Å². The predicted molar refractivity (Wildman–Crippen MR) is 147 cm³/mol. The summed E-state index contributed by atoms with van der Waals surface area (Å²) in [5.74, 6) is -2.25. The molecule has 5 rings (SSSR count). The van der Waals surface area contributed by atoms with Gasteiger partial charge in [0.05, 0.1) is 6.10 Å². The number of carbonyl (C=O) groups excluding carboxylic acids is 3. The number of rotatable bonds is 5. The van der Waals surface area contributed by atoms with Crippen LogP contribution in [0.25, 0.3) is 11.3 Å². The van der Waals surface area contributed by atoms with Gasteiger partial charge in [-0.1, -0.05) is 13.8 Å². The van der Waals surface area contributed by atoms with E-state index in [0.717, 1.165) is 0 Å². The van der Waals surface area contributed by atoms with E-state index in [0.29, 0.717) is 18.4 Å². The van der Waals surface area contributed by atoms with Crippen LogP contribution in [0.15, 0.2) is 39.8 Å². The van der Waals surface area contributed by atoms with Gasteiger partial charge in [-0.05, 0) is 49.7 Å². The minimum absolute atomic E-state index is 0.0163. The van der Waals surface area contributed by atoms with Crippen molar-refractivity contribution in [3.05, 3.63) is 46.6 Å². The Morgan fingerprint density at radius 2 is 1.79 bits per heavy atom. The summed E-state index contributed by atoms with van der Waals surface area (Å²) >= 11 is 0. The number of nitrogens with zero attached hydrogens (tertiary/aromatic N) is 1. The molecule has 0 bridgehead atoms. The highest BCUT2D eigenvalue weighted by molar-refractivity contribution is 5.67. The number of hydrogen-bond acceptors (Lipinski definition) is 11. The lowest BCUT2D eigenvalue weighted by atomic mass is 9.42. The molecule has 0 unspecified atom stereocenters. The van der Waals surface area contributed by atoms with E-state index in [1.807, 2.05) is 13.8 Å². The fourth-order valence-electron chi connectivity index (χ4n) is 8.04. The average molecular weight is 586 g/mol. The fourth-order valence-corrected chi connectivity index (χ4v) is 8.04. The van der Waals surface area contributed by atoms with Gasteiger partial charge in [-0.3, -0.25) is 19.4 Å². The maximum Gasteiger partial charge on any atom is 0.345 e. The van der Waals surface area contributed by atoms with Gasteiger partial charge in [-0.2, -0.15) is 0 Å². The second kappa shape index (κ2) is 10.5. The summed E-state index contributed by atoms with van der Waals surface area (Å²) in [4.78, 5) is 54.0. The Bertz CT molecular complexity index is 1460. The summed E-state index contributed by atoms with van der Waals surface area (Å²) in [6, 6.07) is 5.00. The molecule has 0 amide bonds. The molecule has 2 aliphatic carbocycles. The molecule has 8 atom stereocenters. The molecule has 0 spiro atoms. The van der Waals surface area contributed by atoms with E-state index < -0.39 is 64.2 Å². The number of aromatic nitrogens is 1. The molecule has 3 aliphatic rings. The Morgan fingerprint density at radius 1 is 1.10 bits per heavy atom. The van der Waals surface area contributed by atoms with Crippen molar-refractivity contribution in [3.63, 3.8) is 0 Å². The molecule has 2 aromatic heterocycles. The molecule has 3 heterocycles. The van der Waals surface area contributed by atoms with Crippen molar-refractivity contribution in [1.82, 2.24) is 4.98 Å². The van der Waals surface area contributed by atoms with Gasteiger partial charge in [0.1, 0.15) is 41.5 Å². The monoisotopic (exact) mass is 585 g/mol. The van der Waals surface area contributed by atoms with Crippen LogP contribution in [0.5, 0.6) is 5.75 Å². The lowest BCUT2D eigenvalue weighted by Gasteiger charge is -2.66. The minimum atomic E-state index is -1.34. The molecule has 11 nitrogen and oxygen atoms in total. The maximum absolute atomic E-state index is 13.4. The largest absolute Gasteiger partial charge is 0.482 e. The van der Waals surface area contributed by atoms with Crippen LogP contribution in [-0.2, 0) is 28.6 Å². The Morgan fingerprint density at radius 3 is 2.40 bits per heavy atom. The predicted octanol–water partition coefficient (Wildman–Crippen LogP) is 3.76. The Balaban J connectivity index is 1.66. The number of pyridine rings is 1. The molecule has 0 radical (unpaired) electrons. The second-order valence-corrected chi connectivity index (χ2v) is 12.4. The SMILES string of the molecule is CC(=O)OC[C@@]1(C)[C@@H]2C[C@H](OC(C)=O)[C@@]3(C)Oc4c[14c](-c5cccnc5)oc(=O)c4[C@H](O)[C@@H]3[C@@]2(C)CC[C@@H]1OC(C)=O. The number of hydrogen-bond donors (Lipinski definition) is 1. The van der Waals surface area contributed by atoms with Gasteiger partial charge >= 0.3 is 23.5 Å². The van der Waals surface area contributed by atoms with Crippen LogP contribution >= 0.6 is 0 Å². The lowest BCUT2D eigenvalue weighted by molar-refractivity contribution is -0.270. The van der Waals surface area contributed by atoms with E-state index in [4.69, 9.17) is 23.4 Å². The van der Waals surface area contributed by atoms with Crippen molar-refractivity contribution in [2.24, 2.45) is 22.7 Å². The molecule has 226 valence electrons. The number of carbonyl (C=O) groups is 3. The van der Waals surface area contributed by atoms with Crippen molar-refractivity contribution >= 4 is 17.9 Å². The van der Waals surface area contributed by atoms with Gasteiger partial charge < -0.3 is 28.5 Å². The van der Waals surface area contributed by atoms with Gasteiger partial charge in [-0.15, -0.1) is 0 Å². The highest BCUT2D eigenvalue weighted by Gasteiger charge is 2.70. The third-order valence-corrected chi connectivity index (χ3v) is 9.73. The molecule has 0 saturated heterocycles. The number of aliphatic hydroxyl groups excluding tert-OH is 1. The van der Waals surface area contributed by atoms with Crippen LogP contribution in [0.1, 0.15) is 72.5 Å². The number of esters is 3. The normalized spacial score (nSPS) is 35.0. The zero-order valence-electron chi connectivity index (χ0n) is 24.7. The lowest BCUT2D eigenvalue weighted by Crippen LogP contribution is -2.71. The molecule has 2 fully saturated rings. The van der Waals surface area contributed by atoms with Gasteiger partial charge in [0.2, 0.25) is 0 Å². The summed E-state index contributed by atoms with van der Waals surface area (Å²) < 4.78 is 29.5. The van der Waals surface area contributed by atoms with Crippen molar-refractivity contribution in [2.75, 3.05) is 6.61 Å². The summed E-state index contributed by atoms with van der Waals surface area (Å²) in [6.45, 7) is 9.56. The number of ether oxygens (including phenoxy) is 4. The first-order valence-electron chi connectivity index (χ1n) is 14.1. The minimum Gasteiger partial charge on any atom is -0.482 e. The highest BCUT2D eigenvalue weighted by atomic mass is 16.6. The van der Waals surface area contributed by atoms with Crippen LogP contribution in [0.3, 0.4) is 0 Å². The van der Waals surface area contributed by atoms with Crippen molar-refractivity contribution in [1.29, 1.82) is 0 Å². The zero-order valence-corrected chi connectivity index (χ0v) is 24.7. The zero-order chi connectivity index (χ0) is 30.6. The van der Waals surface area contributed by atoms with E-state index in [-0.39, 0.29) is 36.0 Å². The van der Waals surface area contributed by atoms with Gasteiger partial charge in [-0.25, -0.2) is 4.79 Å². The Kier molecular flexibility index (Phi) is 7.45. The van der Waals surface area contributed by atoms with Crippen LogP contribution < -0.4 is 10.4 Å². The third-order valence-electron chi connectivity index (χ3n) is 9.73. The quantitative estimate of drug-likeness (QED) is 0.403. The van der Waals surface area contributed by atoms with Crippen molar-refractivity contribution in [3.8, 4) is 17.1 Å². The molecule has 11 heteroatoms. The third kappa shape index (κ3) is 4.77. The summed E-state index contributed by atoms with van der Waals surface area (Å²) in [7, 11) is 0. The first-order valence-corrected chi connectivity index (χ1v) is 14.1. The molecular weight excluding hydrogens is 548 g/mol. The smallest absolute Gasteiger partial charge is 0.345 e. The summed E-state index contributed by atoms with van der Waals surface area (Å²) in [5, 5.41) is 12.1. The molecule has 1 N–H and O–H groups in total. The Hall–Kier alpha value is -3.73. The van der Waals surface area contributed by atoms with Crippen molar-refractivity contribution in [2.45, 2.75) is 84.7 Å². The molecule has 0 aromatic carbocycles. The van der Waals surface area contributed by atoms with Gasteiger partial charge in [0.25, 0.3) is 0 Å². The van der Waals surface area contributed by atoms with Crippen molar-refractivity contribution < 1.29 is 42.9 Å². The maximum atomic E-state index is 13.4. The number of aliphatic hydroxyl groups is 1. The topological polar surface area (TPSA) is 151 Å². The highest BCUT2D eigenvalue weighted by Crippen LogP contribution is 2.67. The standard InChI is InChI=1S/C31H37NO10/c1-16(33)38-15-30(5)22-13-24(40-18(3)35)31(6)27(29(22,4)10-9-23(30)39-17(2)34)26(36)25-21(42-31)12-20(41-28(25)37)19-8-7-11-32-14-19/h7-8,11-12,14,22-24,26-27,36H,9-10,13,15H2,1-6H3/t22-,23+,24+,26+,27-,29+,30+,31-/m1/s1/i20+2. The molecule has 2 saturated carbocycles. The molecule has 2 aromatic rings. The second-order valence-electron chi connectivity index (χ2n) is 12.4. The van der Waals surface area contributed by atoms with E-state index in [2.05, 4.69) is 4.98 Å². The van der Waals surface area contributed by atoms with Gasteiger partial charge in [0.15, 0.2) is 0 Å². The molecular formula is C31H37NO10. The van der Waals surface area contributed by atoms with E-state index in [1.165, 1.54) is 20.8 Å². The number of fused-ring (bicyclic) bond motifs is 4. The fraction of sp³-hybridized carbons (Fsp3) is 0.581. The molecule has 1 aliphatic heterocycles. The van der Waals surface area contributed by atoms with Gasteiger partial charge in [0, 0.05) is 56.1 Å². The average Bonchev–Trinajstić information content (AvgIpc) is 2.90. The summed E-state index contributed by atoms with van der Waals surface area (Å²) in [5.41, 5.74) is -3.09. The first kappa shape index (κ1) is 29.8. The van der Waals surface area contributed by atoms with E-state index in [9.17, 15) is 24.3 Å². The van der Waals surface area contributed by atoms with Crippen LogP contribution in [0.4, 0.5) is 0 Å². The van der Waals surface area contributed by atoms with Crippen LogP contribution in [0.2, 0.25) is 0 Å². The molecule has 42 heavy (non-hydrogen) atoms. The van der Waals surface area contributed by atoms with E-state index in [1.54, 1.807) is 37.5 Å². The Labute approximate surface area is 243 Å². The van der Waals surface area contributed by atoms with Crippen LogP contribution in [0, 0.1) is 22.7 Å². The first-order chi connectivity index (χ1) is 19.7.